The summed E-state index contributed by atoms with van der Waals surface area (Å²) in [5.74, 6) is -0.635. The standard InChI is InChI=1S/C6H12O4/c1-3-10-6(8)5(7)4-9-2/h5,7H,3-4H2,1-2H3. The molecule has 1 N–H and O–H groups in total. The first-order chi connectivity index (χ1) is 4.72. The number of aliphatic hydroxyl groups excluding tert-OH is 1. The van der Waals surface area contributed by atoms with E-state index in [0.717, 1.165) is 0 Å². The highest BCUT2D eigenvalue weighted by atomic mass is 16.6. The lowest BCUT2D eigenvalue weighted by Crippen LogP contribution is -2.27. The van der Waals surface area contributed by atoms with E-state index in [-0.39, 0.29) is 13.2 Å². The second kappa shape index (κ2) is 5.20. The SMILES string of the molecule is CCOC(=O)C(O)COC. The molecule has 0 aromatic rings. The van der Waals surface area contributed by atoms with Crippen LogP contribution in [0.15, 0.2) is 0 Å². The van der Waals surface area contributed by atoms with Crippen LogP contribution in [0.2, 0.25) is 0 Å². The Hall–Kier alpha value is -0.610. The van der Waals surface area contributed by atoms with Gasteiger partial charge in [-0.2, -0.15) is 0 Å². The molecular formula is C6H12O4. The van der Waals surface area contributed by atoms with Gasteiger partial charge in [0, 0.05) is 7.11 Å². The maximum Gasteiger partial charge on any atom is 0.337 e. The number of hydrogen-bond donors (Lipinski definition) is 1. The first kappa shape index (κ1) is 9.39. The van der Waals surface area contributed by atoms with Crippen LogP contribution in [0.4, 0.5) is 0 Å². The van der Waals surface area contributed by atoms with E-state index >= 15 is 0 Å². The van der Waals surface area contributed by atoms with E-state index in [1.54, 1.807) is 6.92 Å². The first-order valence-electron chi connectivity index (χ1n) is 3.06. The number of rotatable bonds is 4. The van der Waals surface area contributed by atoms with E-state index in [2.05, 4.69) is 9.47 Å². The molecule has 10 heavy (non-hydrogen) atoms. The normalized spacial score (nSPS) is 12.7. The second-order valence-electron chi connectivity index (χ2n) is 1.72. The van der Waals surface area contributed by atoms with Gasteiger partial charge in [0.15, 0.2) is 6.10 Å². The Bertz CT molecular complexity index is 102. The summed E-state index contributed by atoms with van der Waals surface area (Å²) in [5, 5.41) is 8.85. The topological polar surface area (TPSA) is 55.8 Å². The molecule has 0 aliphatic heterocycles. The predicted molar refractivity (Wildman–Crippen MR) is 34.5 cm³/mol. The predicted octanol–water partition coefficient (Wildman–Crippen LogP) is -0.443. The van der Waals surface area contributed by atoms with Crippen LogP contribution >= 0.6 is 0 Å². The molecule has 4 nitrogen and oxygen atoms in total. The van der Waals surface area contributed by atoms with Crippen molar-refractivity contribution in [3.05, 3.63) is 0 Å². The van der Waals surface area contributed by atoms with Crippen molar-refractivity contribution in [1.29, 1.82) is 0 Å². The monoisotopic (exact) mass is 148 g/mol. The minimum Gasteiger partial charge on any atom is -0.464 e. The summed E-state index contributed by atoms with van der Waals surface area (Å²) in [6.45, 7) is 1.94. The molecule has 0 aromatic heterocycles. The van der Waals surface area contributed by atoms with Crippen molar-refractivity contribution >= 4 is 5.97 Å². The van der Waals surface area contributed by atoms with E-state index in [9.17, 15) is 4.79 Å². The van der Waals surface area contributed by atoms with Crippen LogP contribution in [0.5, 0.6) is 0 Å². The minimum absolute atomic E-state index is 0.0150. The third kappa shape index (κ3) is 3.42. The molecule has 0 amide bonds. The average Bonchev–Trinajstić information content (AvgIpc) is 1.89. The van der Waals surface area contributed by atoms with E-state index < -0.39 is 12.1 Å². The van der Waals surface area contributed by atoms with Crippen molar-refractivity contribution in [2.75, 3.05) is 20.3 Å². The fraction of sp³-hybridized carbons (Fsp3) is 0.833. The van der Waals surface area contributed by atoms with Gasteiger partial charge in [0.25, 0.3) is 0 Å². The third-order valence-corrected chi connectivity index (χ3v) is 0.883. The van der Waals surface area contributed by atoms with Gasteiger partial charge in [0.1, 0.15) is 0 Å². The van der Waals surface area contributed by atoms with Crippen molar-refractivity contribution in [2.45, 2.75) is 13.0 Å². The Morgan fingerprint density at radius 1 is 1.70 bits per heavy atom. The molecule has 0 spiro atoms. The molecule has 0 aromatic carbocycles. The fourth-order valence-corrected chi connectivity index (χ4v) is 0.464. The molecule has 0 fully saturated rings. The fourth-order valence-electron chi connectivity index (χ4n) is 0.464. The number of methoxy groups -OCH3 is 1. The molecule has 0 aliphatic rings. The Balaban J connectivity index is 3.49. The van der Waals surface area contributed by atoms with Crippen LogP contribution in [0.3, 0.4) is 0 Å². The third-order valence-electron chi connectivity index (χ3n) is 0.883. The minimum atomic E-state index is -1.15. The zero-order chi connectivity index (χ0) is 7.98. The molecule has 1 unspecified atom stereocenters. The van der Waals surface area contributed by atoms with Crippen LogP contribution in [-0.2, 0) is 14.3 Å². The van der Waals surface area contributed by atoms with Crippen LogP contribution in [0, 0.1) is 0 Å². The molecule has 1 atom stereocenters. The van der Waals surface area contributed by atoms with Gasteiger partial charge < -0.3 is 14.6 Å². The lowest BCUT2D eigenvalue weighted by atomic mass is 10.4. The molecule has 0 rings (SSSR count). The van der Waals surface area contributed by atoms with Crippen LogP contribution in [0.25, 0.3) is 0 Å². The number of esters is 1. The molecule has 0 bridgehead atoms. The number of carbonyl (C=O) groups is 1. The first-order valence-corrected chi connectivity index (χ1v) is 3.06. The summed E-state index contributed by atoms with van der Waals surface area (Å²) in [6.07, 6.45) is -1.15. The van der Waals surface area contributed by atoms with E-state index in [1.165, 1.54) is 7.11 Å². The Morgan fingerprint density at radius 2 is 2.30 bits per heavy atom. The number of aliphatic hydroxyl groups is 1. The van der Waals surface area contributed by atoms with Gasteiger partial charge in [-0.1, -0.05) is 0 Å². The van der Waals surface area contributed by atoms with Gasteiger partial charge in [-0.25, -0.2) is 4.79 Å². The Labute approximate surface area is 59.7 Å². The smallest absolute Gasteiger partial charge is 0.337 e. The van der Waals surface area contributed by atoms with Crippen molar-refractivity contribution in [3.63, 3.8) is 0 Å². The summed E-state index contributed by atoms with van der Waals surface area (Å²) < 4.78 is 9.01. The lowest BCUT2D eigenvalue weighted by Gasteiger charge is -2.06. The molecule has 0 radical (unpaired) electrons. The quantitative estimate of drug-likeness (QED) is 0.549. The van der Waals surface area contributed by atoms with Crippen LogP contribution < -0.4 is 0 Å². The number of hydrogen-bond acceptors (Lipinski definition) is 4. The zero-order valence-corrected chi connectivity index (χ0v) is 6.16. The van der Waals surface area contributed by atoms with E-state index in [4.69, 9.17) is 5.11 Å². The molecule has 4 heteroatoms. The van der Waals surface area contributed by atoms with Gasteiger partial charge >= 0.3 is 5.97 Å². The van der Waals surface area contributed by atoms with E-state index in [1.807, 2.05) is 0 Å². The average molecular weight is 148 g/mol. The number of ether oxygens (including phenoxy) is 2. The molecule has 0 heterocycles. The lowest BCUT2D eigenvalue weighted by molar-refractivity contribution is -0.155. The highest BCUT2D eigenvalue weighted by Gasteiger charge is 2.14. The van der Waals surface area contributed by atoms with Crippen LogP contribution in [0.1, 0.15) is 6.92 Å². The van der Waals surface area contributed by atoms with Gasteiger partial charge in [-0.15, -0.1) is 0 Å². The van der Waals surface area contributed by atoms with E-state index in [0.29, 0.717) is 0 Å². The second-order valence-corrected chi connectivity index (χ2v) is 1.72. The summed E-state index contributed by atoms with van der Waals surface area (Å²) in [6, 6.07) is 0. The van der Waals surface area contributed by atoms with Gasteiger partial charge in [-0.05, 0) is 6.92 Å². The largest absolute Gasteiger partial charge is 0.464 e. The van der Waals surface area contributed by atoms with Gasteiger partial charge in [0.05, 0.1) is 13.2 Å². The summed E-state index contributed by atoms with van der Waals surface area (Å²) in [4.78, 5) is 10.6. The van der Waals surface area contributed by atoms with Crippen molar-refractivity contribution in [2.24, 2.45) is 0 Å². The Morgan fingerprint density at radius 3 is 2.70 bits per heavy atom. The highest BCUT2D eigenvalue weighted by molar-refractivity contribution is 5.74. The molecule has 60 valence electrons. The van der Waals surface area contributed by atoms with Crippen molar-refractivity contribution < 1.29 is 19.4 Å². The van der Waals surface area contributed by atoms with Gasteiger partial charge in [-0.3, -0.25) is 0 Å². The molecule has 0 aliphatic carbocycles. The number of carbonyl (C=O) groups excluding carboxylic acids is 1. The summed E-state index contributed by atoms with van der Waals surface area (Å²) >= 11 is 0. The van der Waals surface area contributed by atoms with Crippen molar-refractivity contribution in [1.82, 2.24) is 0 Å². The maximum atomic E-state index is 10.6. The molecule has 0 saturated heterocycles. The zero-order valence-electron chi connectivity index (χ0n) is 6.16. The molecule has 0 saturated carbocycles. The summed E-state index contributed by atoms with van der Waals surface area (Å²) in [7, 11) is 1.41. The van der Waals surface area contributed by atoms with Crippen LogP contribution in [-0.4, -0.2) is 37.5 Å². The molecular weight excluding hydrogens is 136 g/mol. The summed E-state index contributed by atoms with van der Waals surface area (Å²) in [5.41, 5.74) is 0. The van der Waals surface area contributed by atoms with Crippen molar-refractivity contribution in [3.8, 4) is 0 Å². The highest BCUT2D eigenvalue weighted by Crippen LogP contribution is 1.88. The Kier molecular flexibility index (Phi) is 4.88. The maximum absolute atomic E-state index is 10.6. The van der Waals surface area contributed by atoms with Gasteiger partial charge in [0.2, 0.25) is 0 Å².